The normalized spacial score (nSPS) is 16.5. The quantitative estimate of drug-likeness (QED) is 0.902. The van der Waals surface area contributed by atoms with Gasteiger partial charge in [0, 0.05) is 17.7 Å². The predicted molar refractivity (Wildman–Crippen MR) is 81.7 cm³/mol. The molecule has 0 aromatic carbocycles. The van der Waals surface area contributed by atoms with E-state index in [0.717, 1.165) is 23.8 Å². The van der Waals surface area contributed by atoms with E-state index in [1.807, 2.05) is 19.4 Å². The third-order valence-corrected chi connectivity index (χ3v) is 5.40. The minimum Gasteiger partial charge on any atom is -0.339 e. The number of nitrogens with one attached hydrogen (secondary N) is 1. The maximum Gasteiger partial charge on any atom is 0.232 e. The summed E-state index contributed by atoms with van der Waals surface area (Å²) in [5, 5.41) is 7.07. The van der Waals surface area contributed by atoms with Crippen molar-refractivity contribution in [3.8, 4) is 0 Å². The van der Waals surface area contributed by atoms with Crippen molar-refractivity contribution in [2.45, 2.75) is 31.6 Å². The third-order valence-electron chi connectivity index (χ3n) is 3.22. The molecule has 106 valence electrons. The molecule has 0 saturated carbocycles. The summed E-state index contributed by atoms with van der Waals surface area (Å²) in [5.41, 5.74) is 0.991. The van der Waals surface area contributed by atoms with Gasteiger partial charge in [0.25, 0.3) is 0 Å². The number of rotatable bonds is 5. The first kappa shape index (κ1) is 14.8. The summed E-state index contributed by atoms with van der Waals surface area (Å²) in [6, 6.07) is 0. The average molecular weight is 299 g/mol. The maximum absolute atomic E-state index is 12.1. The standard InChI is InChI=1S/C13H21N3OS2/c1-10-15-11(8-18-10)7-16(2)13(17)9-19-12-3-5-14-6-4-12/h8,12,14H,3-7,9H2,1-2H3. The van der Waals surface area contributed by atoms with Crippen LogP contribution in [0.5, 0.6) is 0 Å². The number of piperidine rings is 1. The van der Waals surface area contributed by atoms with Crippen LogP contribution in [0.4, 0.5) is 0 Å². The average Bonchev–Trinajstić information content (AvgIpc) is 2.82. The van der Waals surface area contributed by atoms with Crippen LogP contribution in [0.3, 0.4) is 0 Å². The number of hydrogen-bond acceptors (Lipinski definition) is 5. The first-order valence-corrected chi connectivity index (χ1v) is 8.55. The zero-order valence-electron chi connectivity index (χ0n) is 11.5. The van der Waals surface area contributed by atoms with Crippen molar-refractivity contribution in [3.63, 3.8) is 0 Å². The van der Waals surface area contributed by atoms with Gasteiger partial charge in [0.1, 0.15) is 0 Å². The van der Waals surface area contributed by atoms with Gasteiger partial charge in [-0.15, -0.1) is 23.1 Å². The number of thiazole rings is 1. The van der Waals surface area contributed by atoms with Crippen LogP contribution in [0.2, 0.25) is 0 Å². The van der Waals surface area contributed by atoms with Crippen LogP contribution in [0, 0.1) is 6.92 Å². The van der Waals surface area contributed by atoms with Gasteiger partial charge >= 0.3 is 0 Å². The van der Waals surface area contributed by atoms with Crippen molar-refractivity contribution in [3.05, 3.63) is 16.1 Å². The van der Waals surface area contributed by atoms with Crippen LogP contribution in [-0.2, 0) is 11.3 Å². The Hall–Kier alpha value is -0.590. The number of aryl methyl sites for hydroxylation is 1. The van der Waals surface area contributed by atoms with Crippen molar-refractivity contribution in [1.29, 1.82) is 0 Å². The molecule has 1 aliphatic heterocycles. The zero-order valence-corrected chi connectivity index (χ0v) is 13.1. The fourth-order valence-electron chi connectivity index (χ4n) is 2.07. The Morgan fingerprint density at radius 3 is 2.95 bits per heavy atom. The Morgan fingerprint density at radius 2 is 2.32 bits per heavy atom. The molecule has 1 saturated heterocycles. The highest BCUT2D eigenvalue weighted by molar-refractivity contribution is 8.00. The van der Waals surface area contributed by atoms with Crippen LogP contribution in [0.15, 0.2) is 5.38 Å². The monoisotopic (exact) mass is 299 g/mol. The first-order chi connectivity index (χ1) is 9.15. The Kier molecular flexibility index (Phi) is 5.66. The van der Waals surface area contributed by atoms with E-state index in [-0.39, 0.29) is 5.91 Å². The molecule has 1 amide bonds. The topological polar surface area (TPSA) is 45.2 Å². The summed E-state index contributed by atoms with van der Waals surface area (Å²) in [6.07, 6.45) is 2.35. The van der Waals surface area contributed by atoms with E-state index in [2.05, 4.69) is 10.3 Å². The highest BCUT2D eigenvalue weighted by Crippen LogP contribution is 2.20. The van der Waals surface area contributed by atoms with Gasteiger partial charge in [-0.1, -0.05) is 0 Å². The summed E-state index contributed by atoms with van der Waals surface area (Å²) >= 11 is 3.43. The summed E-state index contributed by atoms with van der Waals surface area (Å²) in [5.74, 6) is 0.791. The predicted octanol–water partition coefficient (Wildman–Crippen LogP) is 1.90. The number of thioether (sulfide) groups is 1. The van der Waals surface area contributed by atoms with Gasteiger partial charge in [-0.05, 0) is 32.9 Å². The fraction of sp³-hybridized carbons (Fsp3) is 0.692. The van der Waals surface area contributed by atoms with Crippen molar-refractivity contribution >= 4 is 29.0 Å². The van der Waals surface area contributed by atoms with Gasteiger partial charge in [-0.25, -0.2) is 4.98 Å². The lowest BCUT2D eigenvalue weighted by atomic mass is 10.2. The maximum atomic E-state index is 12.1. The molecule has 2 heterocycles. The molecule has 2 rings (SSSR count). The molecular weight excluding hydrogens is 278 g/mol. The van der Waals surface area contributed by atoms with Gasteiger partial charge in [-0.2, -0.15) is 0 Å². The number of hydrogen-bond donors (Lipinski definition) is 1. The summed E-state index contributed by atoms with van der Waals surface area (Å²) < 4.78 is 0. The SMILES string of the molecule is Cc1nc(CN(C)C(=O)CSC2CCNCC2)cs1. The van der Waals surface area contributed by atoms with E-state index in [4.69, 9.17) is 0 Å². The van der Waals surface area contributed by atoms with Gasteiger partial charge in [0.2, 0.25) is 5.91 Å². The zero-order chi connectivity index (χ0) is 13.7. The van der Waals surface area contributed by atoms with Crippen LogP contribution < -0.4 is 5.32 Å². The fourth-order valence-corrected chi connectivity index (χ4v) is 3.84. The van der Waals surface area contributed by atoms with E-state index >= 15 is 0 Å². The van der Waals surface area contributed by atoms with Crippen LogP contribution in [0.25, 0.3) is 0 Å². The number of amides is 1. The molecule has 1 aromatic rings. The largest absolute Gasteiger partial charge is 0.339 e. The highest BCUT2D eigenvalue weighted by Gasteiger charge is 2.17. The first-order valence-electron chi connectivity index (χ1n) is 6.62. The smallest absolute Gasteiger partial charge is 0.232 e. The van der Waals surface area contributed by atoms with Crippen LogP contribution in [-0.4, -0.2) is 46.9 Å². The van der Waals surface area contributed by atoms with Gasteiger partial charge in [0.15, 0.2) is 0 Å². The molecule has 1 fully saturated rings. The lowest BCUT2D eigenvalue weighted by Crippen LogP contribution is -2.32. The molecule has 19 heavy (non-hydrogen) atoms. The second kappa shape index (κ2) is 7.26. The Bertz CT molecular complexity index is 416. The number of carbonyl (C=O) groups excluding carboxylic acids is 1. The molecule has 0 unspecified atom stereocenters. The minimum atomic E-state index is 0.203. The van der Waals surface area contributed by atoms with Crippen molar-refractivity contribution < 1.29 is 4.79 Å². The molecule has 0 atom stereocenters. The second-order valence-corrected chi connectivity index (χ2v) is 7.22. The minimum absolute atomic E-state index is 0.203. The Balaban J connectivity index is 1.72. The molecule has 0 radical (unpaired) electrons. The molecule has 0 bridgehead atoms. The van der Waals surface area contributed by atoms with E-state index in [9.17, 15) is 4.79 Å². The van der Waals surface area contributed by atoms with Gasteiger partial charge in [0.05, 0.1) is 23.0 Å². The molecule has 0 aliphatic carbocycles. The third kappa shape index (κ3) is 4.78. The molecule has 1 aromatic heterocycles. The van der Waals surface area contributed by atoms with Crippen molar-refractivity contribution in [2.24, 2.45) is 0 Å². The lowest BCUT2D eigenvalue weighted by Gasteiger charge is -2.23. The number of nitrogens with zero attached hydrogens (tertiary/aromatic N) is 2. The van der Waals surface area contributed by atoms with Crippen molar-refractivity contribution in [1.82, 2.24) is 15.2 Å². The van der Waals surface area contributed by atoms with E-state index in [1.54, 1.807) is 28.0 Å². The summed E-state index contributed by atoms with van der Waals surface area (Å²) in [4.78, 5) is 18.2. The van der Waals surface area contributed by atoms with Crippen molar-refractivity contribution in [2.75, 3.05) is 25.9 Å². The highest BCUT2D eigenvalue weighted by atomic mass is 32.2. The Morgan fingerprint density at radius 1 is 1.58 bits per heavy atom. The second-order valence-electron chi connectivity index (χ2n) is 4.87. The van der Waals surface area contributed by atoms with E-state index < -0.39 is 0 Å². The molecule has 6 heteroatoms. The molecular formula is C13H21N3OS2. The number of carbonyl (C=O) groups is 1. The number of aromatic nitrogens is 1. The lowest BCUT2D eigenvalue weighted by molar-refractivity contribution is -0.127. The van der Waals surface area contributed by atoms with E-state index in [1.165, 1.54) is 12.8 Å². The Labute approximate surface area is 123 Å². The van der Waals surface area contributed by atoms with Crippen LogP contribution in [0.1, 0.15) is 23.5 Å². The summed E-state index contributed by atoms with van der Waals surface area (Å²) in [6.45, 7) is 4.78. The molecule has 1 N–H and O–H groups in total. The van der Waals surface area contributed by atoms with Gasteiger partial charge in [-0.3, -0.25) is 4.79 Å². The molecule has 4 nitrogen and oxygen atoms in total. The van der Waals surface area contributed by atoms with Gasteiger partial charge < -0.3 is 10.2 Å². The van der Waals surface area contributed by atoms with E-state index in [0.29, 0.717) is 17.5 Å². The molecule has 1 aliphatic rings. The molecule has 0 spiro atoms. The van der Waals surface area contributed by atoms with Crippen LogP contribution >= 0.6 is 23.1 Å². The summed E-state index contributed by atoms with van der Waals surface area (Å²) in [7, 11) is 1.86.